The van der Waals surface area contributed by atoms with Crippen LogP contribution in [0.4, 0.5) is 18.9 Å². The van der Waals surface area contributed by atoms with Gasteiger partial charge in [-0.05, 0) is 25.0 Å². The van der Waals surface area contributed by atoms with E-state index in [1.807, 2.05) is 11.9 Å². The summed E-state index contributed by atoms with van der Waals surface area (Å²) in [4.78, 5) is 2.01. The van der Waals surface area contributed by atoms with Crippen LogP contribution in [-0.2, 0) is 0 Å². The van der Waals surface area contributed by atoms with Gasteiger partial charge in [-0.3, -0.25) is 0 Å². The standard InChI is InChI=1S/C20H21ClF3N5O2/c1-4-19(5-2)10-28(3)14-15(30-11-19)18-26-25-17(29(18)27-16(14)21)12-7-6-8-13(9-12)31-20(22,23)24/h6-9H,4-5,10-11H2,1-3H3. The molecular weight excluding hydrogens is 435 g/mol. The van der Waals surface area contributed by atoms with Crippen LogP contribution in [0.2, 0.25) is 5.15 Å². The maximum atomic E-state index is 12.6. The molecule has 11 heteroatoms. The third kappa shape index (κ3) is 3.96. The van der Waals surface area contributed by atoms with Gasteiger partial charge in [0.25, 0.3) is 0 Å². The molecule has 0 N–H and O–H groups in total. The first kappa shape index (κ1) is 21.5. The van der Waals surface area contributed by atoms with Gasteiger partial charge in [-0.1, -0.05) is 37.6 Å². The molecule has 0 aliphatic carbocycles. The van der Waals surface area contributed by atoms with Gasteiger partial charge in [0.2, 0.25) is 5.65 Å². The van der Waals surface area contributed by atoms with Gasteiger partial charge in [-0.25, -0.2) is 0 Å². The first-order valence-electron chi connectivity index (χ1n) is 9.81. The van der Waals surface area contributed by atoms with Gasteiger partial charge in [0.15, 0.2) is 16.7 Å². The zero-order valence-electron chi connectivity index (χ0n) is 17.2. The average Bonchev–Trinajstić information content (AvgIpc) is 3.05. The Morgan fingerprint density at radius 2 is 1.97 bits per heavy atom. The molecule has 0 radical (unpaired) electrons. The Kier molecular flexibility index (Phi) is 5.36. The molecule has 0 amide bonds. The van der Waals surface area contributed by atoms with Crippen LogP contribution in [0.5, 0.6) is 11.5 Å². The van der Waals surface area contributed by atoms with Crippen molar-refractivity contribution >= 4 is 22.9 Å². The second-order valence-corrected chi connectivity index (χ2v) is 8.01. The predicted octanol–water partition coefficient (Wildman–Crippen LogP) is 4.98. The molecule has 0 fully saturated rings. The summed E-state index contributed by atoms with van der Waals surface area (Å²) in [6.45, 7) is 5.46. The topological polar surface area (TPSA) is 64.8 Å². The Bertz CT molecular complexity index is 1110. The van der Waals surface area contributed by atoms with Gasteiger partial charge in [0.1, 0.15) is 11.4 Å². The zero-order valence-corrected chi connectivity index (χ0v) is 18.0. The molecule has 4 rings (SSSR count). The number of hydrogen-bond donors (Lipinski definition) is 0. The van der Waals surface area contributed by atoms with Crippen molar-refractivity contribution in [2.75, 3.05) is 25.1 Å². The zero-order chi connectivity index (χ0) is 22.4. The van der Waals surface area contributed by atoms with Crippen molar-refractivity contribution in [1.29, 1.82) is 0 Å². The summed E-state index contributed by atoms with van der Waals surface area (Å²) in [6, 6.07) is 5.45. The molecule has 1 aromatic carbocycles. The normalized spacial score (nSPS) is 16.0. The number of benzene rings is 1. The number of halogens is 4. The summed E-state index contributed by atoms with van der Waals surface area (Å²) >= 11 is 6.52. The highest BCUT2D eigenvalue weighted by Gasteiger charge is 2.36. The molecular formula is C20H21ClF3N5O2. The van der Waals surface area contributed by atoms with Gasteiger partial charge in [-0.2, -0.15) is 4.52 Å². The van der Waals surface area contributed by atoms with E-state index in [2.05, 4.69) is 33.9 Å². The largest absolute Gasteiger partial charge is 0.573 e. The number of alkyl halides is 3. The molecule has 0 spiro atoms. The Morgan fingerprint density at radius 1 is 1.23 bits per heavy atom. The van der Waals surface area contributed by atoms with E-state index >= 15 is 0 Å². The lowest BCUT2D eigenvalue weighted by Crippen LogP contribution is -2.37. The summed E-state index contributed by atoms with van der Waals surface area (Å²) in [5.74, 6) is 0.307. The van der Waals surface area contributed by atoms with Crippen molar-refractivity contribution in [2.24, 2.45) is 5.41 Å². The number of fused-ring (bicyclic) bond motifs is 3. The minimum absolute atomic E-state index is 0.0554. The number of anilines is 1. The Hall–Kier alpha value is -2.75. The third-order valence-corrected chi connectivity index (χ3v) is 6.00. The van der Waals surface area contributed by atoms with Crippen LogP contribution in [0.25, 0.3) is 17.0 Å². The molecule has 1 aliphatic heterocycles. The molecule has 7 nitrogen and oxygen atoms in total. The van der Waals surface area contributed by atoms with Gasteiger partial charge in [0, 0.05) is 24.6 Å². The monoisotopic (exact) mass is 455 g/mol. The summed E-state index contributed by atoms with van der Waals surface area (Å²) in [6.07, 6.45) is -2.95. The van der Waals surface area contributed by atoms with E-state index in [-0.39, 0.29) is 22.1 Å². The fourth-order valence-corrected chi connectivity index (χ4v) is 4.16. The third-order valence-electron chi connectivity index (χ3n) is 5.74. The quantitative estimate of drug-likeness (QED) is 0.553. The summed E-state index contributed by atoms with van der Waals surface area (Å²) in [5.41, 5.74) is 1.24. The molecule has 2 aromatic heterocycles. The van der Waals surface area contributed by atoms with Crippen LogP contribution in [0.15, 0.2) is 24.3 Å². The van der Waals surface area contributed by atoms with E-state index in [1.165, 1.54) is 22.7 Å². The van der Waals surface area contributed by atoms with Crippen LogP contribution in [0.3, 0.4) is 0 Å². The van der Waals surface area contributed by atoms with E-state index < -0.39 is 6.36 Å². The fourth-order valence-electron chi connectivity index (χ4n) is 3.86. The van der Waals surface area contributed by atoms with E-state index in [4.69, 9.17) is 16.3 Å². The van der Waals surface area contributed by atoms with E-state index in [1.54, 1.807) is 6.07 Å². The van der Waals surface area contributed by atoms with Crippen molar-refractivity contribution in [3.63, 3.8) is 0 Å². The van der Waals surface area contributed by atoms with Crippen molar-refractivity contribution in [1.82, 2.24) is 19.8 Å². The smallest absolute Gasteiger partial charge is 0.487 e. The van der Waals surface area contributed by atoms with Gasteiger partial charge in [-0.15, -0.1) is 28.5 Å². The molecule has 1 aliphatic rings. The molecule has 0 unspecified atom stereocenters. The molecule has 3 heterocycles. The maximum absolute atomic E-state index is 12.6. The lowest BCUT2D eigenvalue weighted by atomic mass is 9.83. The van der Waals surface area contributed by atoms with E-state index in [9.17, 15) is 13.2 Å². The fraction of sp³-hybridized carbons (Fsp3) is 0.450. The summed E-state index contributed by atoms with van der Waals surface area (Å²) in [5, 5.41) is 12.9. The molecule has 0 saturated carbocycles. The lowest BCUT2D eigenvalue weighted by Gasteiger charge is -2.32. The first-order valence-corrected chi connectivity index (χ1v) is 10.2. The number of hydrogen-bond acceptors (Lipinski definition) is 6. The van der Waals surface area contributed by atoms with Crippen LogP contribution < -0.4 is 14.4 Å². The van der Waals surface area contributed by atoms with Gasteiger partial charge < -0.3 is 14.4 Å². The van der Waals surface area contributed by atoms with Crippen molar-refractivity contribution in [2.45, 2.75) is 33.1 Å². The minimum atomic E-state index is -4.80. The van der Waals surface area contributed by atoms with Crippen LogP contribution in [-0.4, -0.2) is 46.4 Å². The van der Waals surface area contributed by atoms with Crippen molar-refractivity contribution < 1.29 is 22.6 Å². The highest BCUT2D eigenvalue weighted by atomic mass is 35.5. The maximum Gasteiger partial charge on any atom is 0.573 e. The van der Waals surface area contributed by atoms with Crippen LogP contribution in [0, 0.1) is 5.41 Å². The van der Waals surface area contributed by atoms with Gasteiger partial charge >= 0.3 is 6.36 Å². The highest BCUT2D eigenvalue weighted by molar-refractivity contribution is 6.32. The first-order chi connectivity index (χ1) is 14.7. The molecule has 31 heavy (non-hydrogen) atoms. The number of aromatic nitrogens is 4. The van der Waals surface area contributed by atoms with Crippen LogP contribution in [0.1, 0.15) is 26.7 Å². The minimum Gasteiger partial charge on any atom is -0.487 e. The lowest BCUT2D eigenvalue weighted by molar-refractivity contribution is -0.274. The second kappa shape index (κ2) is 7.74. The van der Waals surface area contributed by atoms with Gasteiger partial charge in [0.05, 0.1) is 6.61 Å². The Morgan fingerprint density at radius 3 is 2.65 bits per heavy atom. The van der Waals surface area contributed by atoms with E-state index in [0.717, 1.165) is 19.4 Å². The SMILES string of the molecule is CCC1(CC)COc2c(c(Cl)nn3c(-c4cccc(OC(F)(F)F)c4)nnc23)N(C)C1. The Labute approximate surface area is 181 Å². The van der Waals surface area contributed by atoms with E-state index in [0.29, 0.717) is 29.3 Å². The number of rotatable bonds is 4. The molecule has 0 bridgehead atoms. The highest BCUT2D eigenvalue weighted by Crippen LogP contribution is 2.43. The second-order valence-electron chi connectivity index (χ2n) is 7.66. The van der Waals surface area contributed by atoms with Crippen LogP contribution >= 0.6 is 11.6 Å². The summed E-state index contributed by atoms with van der Waals surface area (Å²) < 4.78 is 49.4. The Balaban J connectivity index is 1.81. The molecule has 0 atom stereocenters. The molecule has 166 valence electrons. The molecule has 0 saturated heterocycles. The van der Waals surface area contributed by atoms with Crippen molar-refractivity contribution in [3.8, 4) is 22.9 Å². The van der Waals surface area contributed by atoms with Crippen molar-refractivity contribution in [3.05, 3.63) is 29.4 Å². The molecule has 3 aromatic rings. The number of nitrogens with zero attached hydrogens (tertiary/aromatic N) is 5. The predicted molar refractivity (Wildman–Crippen MR) is 110 cm³/mol. The summed E-state index contributed by atoms with van der Waals surface area (Å²) in [7, 11) is 1.92. The average molecular weight is 456 g/mol. The number of ether oxygens (including phenoxy) is 2.